The van der Waals surface area contributed by atoms with Gasteiger partial charge in [-0.15, -0.1) is 0 Å². The van der Waals surface area contributed by atoms with Crippen molar-refractivity contribution in [3.63, 3.8) is 0 Å². The van der Waals surface area contributed by atoms with Crippen molar-refractivity contribution in [2.75, 3.05) is 18.9 Å². The van der Waals surface area contributed by atoms with Crippen LogP contribution in [0.5, 0.6) is 0 Å². The quantitative estimate of drug-likeness (QED) is 0.833. The summed E-state index contributed by atoms with van der Waals surface area (Å²) in [4.78, 5) is 12.0. The SMILES string of the molecule is CN(CC(=O)Nc1ccc(F)c(F)c1)S(=O)(=O)Cc1ccccc1C#N. The molecular weight excluding hydrogens is 364 g/mol. The van der Waals surface area contributed by atoms with E-state index in [0.717, 1.165) is 22.5 Å². The van der Waals surface area contributed by atoms with E-state index in [1.807, 2.05) is 6.07 Å². The molecule has 6 nitrogen and oxygen atoms in total. The Morgan fingerprint density at radius 1 is 1.19 bits per heavy atom. The number of hydrogen-bond acceptors (Lipinski definition) is 4. The lowest BCUT2D eigenvalue weighted by Gasteiger charge is -2.17. The smallest absolute Gasteiger partial charge is 0.239 e. The first-order valence-electron chi connectivity index (χ1n) is 7.40. The number of sulfonamides is 1. The van der Waals surface area contributed by atoms with Gasteiger partial charge in [0.1, 0.15) is 0 Å². The molecular formula is C17H15F2N3O3S. The number of nitrogens with zero attached hydrogens (tertiary/aromatic N) is 2. The zero-order valence-corrected chi connectivity index (χ0v) is 14.6. The summed E-state index contributed by atoms with van der Waals surface area (Å²) in [5, 5.41) is 11.3. The highest BCUT2D eigenvalue weighted by Gasteiger charge is 2.22. The lowest BCUT2D eigenvalue weighted by molar-refractivity contribution is -0.116. The van der Waals surface area contributed by atoms with Gasteiger partial charge >= 0.3 is 0 Å². The van der Waals surface area contributed by atoms with Crippen LogP contribution in [0.15, 0.2) is 42.5 Å². The fraction of sp³-hybridized carbons (Fsp3) is 0.176. The van der Waals surface area contributed by atoms with Crippen molar-refractivity contribution in [1.29, 1.82) is 5.26 Å². The van der Waals surface area contributed by atoms with E-state index in [-0.39, 0.29) is 11.3 Å². The number of amides is 1. The van der Waals surface area contributed by atoms with Crippen molar-refractivity contribution in [2.24, 2.45) is 0 Å². The monoisotopic (exact) mass is 379 g/mol. The van der Waals surface area contributed by atoms with Gasteiger partial charge in [0, 0.05) is 18.8 Å². The van der Waals surface area contributed by atoms with Crippen LogP contribution in [0.4, 0.5) is 14.5 Å². The van der Waals surface area contributed by atoms with Crippen LogP contribution in [0.2, 0.25) is 0 Å². The molecule has 2 aromatic rings. The molecule has 0 unspecified atom stereocenters. The molecule has 1 N–H and O–H groups in total. The van der Waals surface area contributed by atoms with Crippen molar-refractivity contribution in [3.05, 3.63) is 65.2 Å². The Morgan fingerprint density at radius 3 is 2.54 bits per heavy atom. The molecule has 0 atom stereocenters. The summed E-state index contributed by atoms with van der Waals surface area (Å²) >= 11 is 0. The molecule has 0 radical (unpaired) electrons. The third-order valence-corrected chi connectivity index (χ3v) is 5.27. The van der Waals surface area contributed by atoms with Crippen LogP contribution in [0, 0.1) is 23.0 Å². The molecule has 0 bridgehead atoms. The van der Waals surface area contributed by atoms with Crippen molar-refractivity contribution in [1.82, 2.24) is 4.31 Å². The number of rotatable bonds is 6. The predicted octanol–water partition coefficient (Wildman–Crippen LogP) is 2.24. The summed E-state index contributed by atoms with van der Waals surface area (Å²) in [5.41, 5.74) is 0.563. The van der Waals surface area contributed by atoms with E-state index < -0.39 is 39.9 Å². The van der Waals surface area contributed by atoms with Crippen LogP contribution in [-0.2, 0) is 20.6 Å². The average Bonchev–Trinajstić information content (AvgIpc) is 2.58. The summed E-state index contributed by atoms with van der Waals surface area (Å²) in [7, 11) is -2.64. The van der Waals surface area contributed by atoms with E-state index in [0.29, 0.717) is 5.56 Å². The van der Waals surface area contributed by atoms with Gasteiger partial charge in [0.15, 0.2) is 11.6 Å². The molecule has 2 aromatic carbocycles. The maximum absolute atomic E-state index is 13.1. The van der Waals surface area contributed by atoms with Crippen molar-refractivity contribution < 1.29 is 22.0 Å². The third kappa shape index (κ3) is 4.84. The van der Waals surface area contributed by atoms with Crippen LogP contribution in [0.25, 0.3) is 0 Å². The summed E-state index contributed by atoms with van der Waals surface area (Å²) < 4.78 is 51.6. The first-order valence-corrected chi connectivity index (χ1v) is 9.01. The van der Waals surface area contributed by atoms with Gasteiger partial charge in [-0.05, 0) is 23.8 Å². The van der Waals surface area contributed by atoms with E-state index in [1.54, 1.807) is 12.1 Å². The minimum Gasteiger partial charge on any atom is -0.325 e. The molecule has 0 fully saturated rings. The number of nitrogens with one attached hydrogen (secondary N) is 1. The maximum atomic E-state index is 13.1. The van der Waals surface area contributed by atoms with Gasteiger partial charge in [-0.1, -0.05) is 18.2 Å². The van der Waals surface area contributed by atoms with Crippen LogP contribution in [0.1, 0.15) is 11.1 Å². The molecule has 0 aromatic heterocycles. The molecule has 0 saturated carbocycles. The molecule has 136 valence electrons. The topological polar surface area (TPSA) is 90.3 Å². The third-order valence-electron chi connectivity index (χ3n) is 3.52. The molecule has 0 heterocycles. The Balaban J connectivity index is 2.05. The van der Waals surface area contributed by atoms with Crippen LogP contribution in [0.3, 0.4) is 0 Å². The number of likely N-dealkylation sites (N-methyl/N-ethyl adjacent to an activating group) is 1. The molecule has 26 heavy (non-hydrogen) atoms. The minimum atomic E-state index is -3.86. The van der Waals surface area contributed by atoms with Crippen molar-refractivity contribution >= 4 is 21.6 Å². The lowest BCUT2D eigenvalue weighted by Crippen LogP contribution is -2.35. The highest BCUT2D eigenvalue weighted by atomic mass is 32.2. The van der Waals surface area contributed by atoms with Gasteiger partial charge in [-0.2, -0.15) is 9.57 Å². The van der Waals surface area contributed by atoms with E-state index >= 15 is 0 Å². The highest BCUT2D eigenvalue weighted by molar-refractivity contribution is 7.88. The van der Waals surface area contributed by atoms with Crippen molar-refractivity contribution in [2.45, 2.75) is 5.75 Å². The molecule has 0 spiro atoms. The number of benzene rings is 2. The number of carbonyl (C=O) groups is 1. The average molecular weight is 379 g/mol. The van der Waals surface area contributed by atoms with Crippen LogP contribution in [-0.4, -0.2) is 32.2 Å². The second-order valence-electron chi connectivity index (χ2n) is 5.46. The Bertz CT molecular complexity index is 971. The van der Waals surface area contributed by atoms with E-state index in [2.05, 4.69) is 5.32 Å². The molecule has 2 rings (SSSR count). The first-order chi connectivity index (χ1) is 12.2. The lowest BCUT2D eigenvalue weighted by atomic mass is 10.1. The second kappa shape index (κ2) is 8.03. The van der Waals surface area contributed by atoms with Gasteiger partial charge in [0.2, 0.25) is 15.9 Å². The molecule has 0 aliphatic heterocycles. The van der Waals surface area contributed by atoms with Crippen LogP contribution >= 0.6 is 0 Å². The summed E-state index contributed by atoms with van der Waals surface area (Å²) in [5.74, 6) is -3.34. The molecule has 0 aliphatic rings. The van der Waals surface area contributed by atoms with Crippen molar-refractivity contribution in [3.8, 4) is 6.07 Å². The second-order valence-corrected chi connectivity index (χ2v) is 7.53. The predicted molar refractivity (Wildman–Crippen MR) is 91.4 cm³/mol. The zero-order valence-electron chi connectivity index (χ0n) is 13.7. The molecule has 0 aliphatic carbocycles. The number of anilines is 1. The van der Waals surface area contributed by atoms with E-state index in [9.17, 15) is 22.0 Å². The summed E-state index contributed by atoms with van der Waals surface area (Å²) in [6.07, 6.45) is 0. The van der Waals surface area contributed by atoms with E-state index in [1.165, 1.54) is 19.2 Å². The maximum Gasteiger partial charge on any atom is 0.239 e. The number of halogens is 2. The van der Waals surface area contributed by atoms with Gasteiger partial charge in [0.25, 0.3) is 0 Å². The highest BCUT2D eigenvalue weighted by Crippen LogP contribution is 2.15. The summed E-state index contributed by atoms with van der Waals surface area (Å²) in [6, 6.07) is 11.0. The Labute approximate surface area is 149 Å². The normalized spacial score (nSPS) is 11.2. The molecule has 1 amide bonds. The van der Waals surface area contributed by atoms with Crippen LogP contribution < -0.4 is 5.32 Å². The minimum absolute atomic E-state index is 0.00882. The standard InChI is InChI=1S/C17H15F2N3O3S/c1-22(10-17(23)21-14-6-7-15(18)16(19)8-14)26(24,25)11-13-5-3-2-4-12(13)9-20/h2-8H,10-11H2,1H3,(H,21,23). The largest absolute Gasteiger partial charge is 0.325 e. The Hall–Kier alpha value is -2.83. The number of carbonyl (C=O) groups excluding carboxylic acids is 1. The number of hydrogen-bond donors (Lipinski definition) is 1. The Morgan fingerprint density at radius 2 is 1.88 bits per heavy atom. The first kappa shape index (κ1) is 19.5. The van der Waals surface area contributed by atoms with Gasteiger partial charge in [-0.3, -0.25) is 4.79 Å². The Kier molecular flexibility index (Phi) is 6.02. The fourth-order valence-electron chi connectivity index (χ4n) is 2.14. The zero-order chi connectivity index (χ0) is 19.3. The van der Waals surface area contributed by atoms with E-state index in [4.69, 9.17) is 5.26 Å². The van der Waals surface area contributed by atoms with Gasteiger partial charge < -0.3 is 5.32 Å². The molecule has 9 heteroatoms. The van der Waals surface area contributed by atoms with Gasteiger partial charge in [-0.25, -0.2) is 17.2 Å². The fourth-order valence-corrected chi connectivity index (χ4v) is 3.32. The number of nitriles is 1. The molecule has 0 saturated heterocycles. The summed E-state index contributed by atoms with van der Waals surface area (Å²) in [6.45, 7) is -0.518. The van der Waals surface area contributed by atoms with Gasteiger partial charge in [0.05, 0.1) is 23.9 Å².